The fourth-order valence-electron chi connectivity index (χ4n) is 2.83. The van der Waals surface area contributed by atoms with Gasteiger partial charge in [-0.2, -0.15) is 0 Å². The van der Waals surface area contributed by atoms with E-state index < -0.39 is 0 Å². The predicted molar refractivity (Wildman–Crippen MR) is 87.2 cm³/mol. The molecule has 0 unspecified atom stereocenters. The largest absolute Gasteiger partial charge is 0.497 e. The second-order valence-corrected chi connectivity index (χ2v) is 5.44. The number of rotatable bonds is 3. The number of aromatic nitrogens is 2. The van der Waals surface area contributed by atoms with Crippen LogP contribution in [0, 0.1) is 0 Å². The van der Waals surface area contributed by atoms with Gasteiger partial charge in [0, 0.05) is 11.5 Å². The summed E-state index contributed by atoms with van der Waals surface area (Å²) in [5, 5.41) is 2.51. The third-order valence-corrected chi connectivity index (χ3v) is 4.04. The van der Waals surface area contributed by atoms with E-state index in [4.69, 9.17) is 4.74 Å². The number of methoxy groups -OCH3 is 1. The number of hydrogen-bond acceptors (Lipinski definition) is 1. The molecule has 2 aromatic carbocycles. The average Bonchev–Trinajstić information content (AvgIpc) is 2.95. The molecule has 0 radical (unpaired) electrons. The summed E-state index contributed by atoms with van der Waals surface area (Å²) in [7, 11) is 1.69. The lowest BCUT2D eigenvalue weighted by Gasteiger charge is -2.02. The van der Waals surface area contributed by atoms with Crippen LogP contribution in [0.25, 0.3) is 16.4 Å². The summed E-state index contributed by atoms with van der Waals surface area (Å²) in [6, 6.07) is 18.9. The Morgan fingerprint density at radius 1 is 1.00 bits per heavy atom. The van der Waals surface area contributed by atoms with Gasteiger partial charge in [-0.05, 0) is 23.1 Å². The van der Waals surface area contributed by atoms with Gasteiger partial charge in [-0.15, -0.1) is 0 Å². The summed E-state index contributed by atoms with van der Waals surface area (Å²) in [5.74, 6) is 0.890. The molecule has 0 aliphatic carbocycles. The van der Waals surface area contributed by atoms with E-state index in [1.165, 1.54) is 22.0 Å². The highest BCUT2D eigenvalue weighted by atomic mass is 16.5. The van der Waals surface area contributed by atoms with Gasteiger partial charge in [-0.3, -0.25) is 0 Å². The minimum Gasteiger partial charge on any atom is -0.497 e. The molecule has 0 aliphatic heterocycles. The van der Waals surface area contributed by atoms with Gasteiger partial charge in [0.05, 0.1) is 7.11 Å². The first kappa shape index (κ1) is 12.9. The van der Waals surface area contributed by atoms with Crippen LogP contribution in [0.2, 0.25) is 0 Å². The first-order chi connectivity index (χ1) is 10.8. The monoisotopic (exact) mass is 289 g/mol. The standard InChI is InChI=1S/C19H17N2O/c1-22-18-8-6-15(7-9-18)13-20-10-11-21-14-17-5-3-2-4-16(17)12-19(20)21/h2-12,14H,13H2,1H3/q+1. The Morgan fingerprint density at radius 3 is 2.55 bits per heavy atom. The molecule has 0 saturated carbocycles. The van der Waals surface area contributed by atoms with Crippen molar-refractivity contribution in [3.8, 4) is 5.75 Å². The van der Waals surface area contributed by atoms with Gasteiger partial charge in [0.25, 0.3) is 5.65 Å². The van der Waals surface area contributed by atoms with Gasteiger partial charge in [-0.1, -0.05) is 36.4 Å². The molecule has 2 aromatic heterocycles. The van der Waals surface area contributed by atoms with Crippen molar-refractivity contribution in [1.29, 1.82) is 0 Å². The zero-order valence-corrected chi connectivity index (χ0v) is 12.4. The minimum absolute atomic E-state index is 0.846. The van der Waals surface area contributed by atoms with Crippen LogP contribution in [0.4, 0.5) is 0 Å². The van der Waals surface area contributed by atoms with E-state index in [0.717, 1.165) is 12.3 Å². The van der Waals surface area contributed by atoms with Crippen molar-refractivity contribution in [1.82, 2.24) is 4.40 Å². The third-order valence-electron chi connectivity index (χ3n) is 4.04. The lowest BCUT2D eigenvalue weighted by atomic mass is 10.2. The highest BCUT2D eigenvalue weighted by Gasteiger charge is 2.11. The van der Waals surface area contributed by atoms with Crippen LogP contribution in [0.1, 0.15) is 5.56 Å². The number of benzene rings is 2. The number of ether oxygens (including phenoxy) is 1. The molecule has 0 N–H and O–H groups in total. The molecule has 0 saturated heterocycles. The number of fused-ring (bicyclic) bond motifs is 2. The first-order valence-corrected chi connectivity index (χ1v) is 7.35. The SMILES string of the molecule is COc1ccc(C[n+]2ccn3cc4ccccc4cc32)cc1. The van der Waals surface area contributed by atoms with Crippen molar-refractivity contribution < 1.29 is 9.30 Å². The molecule has 0 amide bonds. The first-order valence-electron chi connectivity index (χ1n) is 7.35. The molecule has 0 aliphatic rings. The van der Waals surface area contributed by atoms with Crippen molar-refractivity contribution in [2.75, 3.05) is 7.11 Å². The van der Waals surface area contributed by atoms with E-state index in [-0.39, 0.29) is 0 Å². The van der Waals surface area contributed by atoms with Crippen LogP contribution in [0.3, 0.4) is 0 Å². The van der Waals surface area contributed by atoms with Gasteiger partial charge in [0.15, 0.2) is 0 Å². The molecule has 4 rings (SSSR count). The fraction of sp³-hybridized carbons (Fsp3) is 0.105. The third kappa shape index (κ3) is 2.21. The second kappa shape index (κ2) is 5.19. The zero-order valence-electron chi connectivity index (χ0n) is 12.4. The lowest BCUT2D eigenvalue weighted by molar-refractivity contribution is -0.661. The average molecular weight is 289 g/mol. The Balaban J connectivity index is 1.76. The van der Waals surface area contributed by atoms with Gasteiger partial charge in [0.1, 0.15) is 30.9 Å². The molecule has 108 valence electrons. The highest BCUT2D eigenvalue weighted by Crippen LogP contribution is 2.16. The number of pyridine rings is 1. The molecular weight excluding hydrogens is 272 g/mol. The maximum atomic E-state index is 5.21. The normalized spacial score (nSPS) is 11.1. The minimum atomic E-state index is 0.846. The second-order valence-electron chi connectivity index (χ2n) is 5.44. The van der Waals surface area contributed by atoms with Gasteiger partial charge in [0.2, 0.25) is 0 Å². The smallest absolute Gasteiger partial charge is 0.287 e. The van der Waals surface area contributed by atoms with Crippen LogP contribution in [-0.4, -0.2) is 11.5 Å². The fourth-order valence-corrected chi connectivity index (χ4v) is 2.83. The molecule has 22 heavy (non-hydrogen) atoms. The summed E-state index contributed by atoms with van der Waals surface area (Å²) < 4.78 is 9.64. The molecule has 3 nitrogen and oxygen atoms in total. The molecule has 2 heterocycles. The van der Waals surface area contributed by atoms with Crippen molar-refractivity contribution in [2.45, 2.75) is 6.54 Å². The number of imidazole rings is 1. The zero-order chi connectivity index (χ0) is 14.9. The molecule has 0 atom stereocenters. The van der Waals surface area contributed by atoms with Gasteiger partial charge < -0.3 is 4.74 Å². The number of nitrogens with zero attached hydrogens (tertiary/aromatic N) is 2. The summed E-state index contributed by atoms with van der Waals surface area (Å²) in [6.45, 7) is 0.846. The van der Waals surface area contributed by atoms with Crippen molar-refractivity contribution in [3.63, 3.8) is 0 Å². The van der Waals surface area contributed by atoms with Crippen LogP contribution >= 0.6 is 0 Å². The molecular formula is C19H17N2O+. The Morgan fingerprint density at radius 2 is 1.77 bits per heavy atom. The lowest BCUT2D eigenvalue weighted by Crippen LogP contribution is -2.32. The maximum absolute atomic E-state index is 5.21. The molecule has 0 bridgehead atoms. The molecule has 4 aromatic rings. The van der Waals surface area contributed by atoms with Crippen molar-refractivity contribution in [2.24, 2.45) is 0 Å². The van der Waals surface area contributed by atoms with Crippen LogP contribution < -0.4 is 9.30 Å². The van der Waals surface area contributed by atoms with E-state index in [0.29, 0.717) is 0 Å². The van der Waals surface area contributed by atoms with Crippen LogP contribution in [0.5, 0.6) is 5.75 Å². The topological polar surface area (TPSA) is 17.5 Å². The van der Waals surface area contributed by atoms with E-state index in [1.54, 1.807) is 7.11 Å². The van der Waals surface area contributed by atoms with Crippen LogP contribution in [0.15, 0.2) is 73.2 Å². The summed E-state index contributed by atoms with van der Waals surface area (Å²) >= 11 is 0. The van der Waals surface area contributed by atoms with Crippen LogP contribution in [-0.2, 0) is 6.54 Å². The Hall–Kier alpha value is -2.81. The summed E-state index contributed by atoms with van der Waals surface area (Å²) in [6.07, 6.45) is 6.40. The van der Waals surface area contributed by atoms with E-state index in [2.05, 4.69) is 70.0 Å². The van der Waals surface area contributed by atoms with Gasteiger partial charge >= 0.3 is 0 Å². The van der Waals surface area contributed by atoms with E-state index >= 15 is 0 Å². The summed E-state index contributed by atoms with van der Waals surface area (Å²) in [4.78, 5) is 0. The van der Waals surface area contributed by atoms with E-state index in [9.17, 15) is 0 Å². The Labute approximate surface area is 129 Å². The summed E-state index contributed by atoms with van der Waals surface area (Å²) in [5.41, 5.74) is 2.45. The molecule has 0 spiro atoms. The highest BCUT2D eigenvalue weighted by molar-refractivity contribution is 5.84. The molecule has 0 fully saturated rings. The van der Waals surface area contributed by atoms with Gasteiger partial charge in [-0.25, -0.2) is 8.97 Å². The molecule has 3 heteroatoms. The Bertz CT molecular complexity index is 939. The van der Waals surface area contributed by atoms with E-state index in [1.807, 2.05) is 12.1 Å². The quantitative estimate of drug-likeness (QED) is 0.528. The number of hydrogen-bond donors (Lipinski definition) is 0. The Kier molecular flexibility index (Phi) is 3.04. The maximum Gasteiger partial charge on any atom is 0.287 e. The predicted octanol–water partition coefficient (Wildman–Crippen LogP) is 3.44. The van der Waals surface area contributed by atoms with Crippen molar-refractivity contribution in [3.05, 3.63) is 78.8 Å². The van der Waals surface area contributed by atoms with Crippen molar-refractivity contribution >= 4 is 16.4 Å².